The molecule has 4 heterocycles. The largest absolute Gasteiger partial charge is 0.377 e. The Kier molecular flexibility index (Phi) is 6.44. The molecule has 1 N–H and O–H groups in total. The first-order valence-electron chi connectivity index (χ1n) is 12.8. The van der Waals surface area contributed by atoms with Crippen LogP contribution in [0.15, 0.2) is 23.3 Å². The molecule has 0 spiro atoms. The normalized spacial score (nSPS) is 28.8. The molecule has 1 aromatic carbocycles. The van der Waals surface area contributed by atoms with Gasteiger partial charge in [-0.05, 0) is 55.5 Å². The van der Waals surface area contributed by atoms with E-state index in [2.05, 4.69) is 39.3 Å². The molecule has 194 valence electrons. The molecule has 3 fully saturated rings. The van der Waals surface area contributed by atoms with Gasteiger partial charge in [-0.2, -0.15) is 5.10 Å². The number of hydrogen-bond acceptors (Lipinski definition) is 7. The fourth-order valence-electron chi connectivity index (χ4n) is 5.85. The predicted octanol–water partition coefficient (Wildman–Crippen LogP) is 4.27. The SMILES string of the molecule is COC1COC[C@H]1N1CCC(c2cc3c(cc2C)CN(C)C(Nc2cnn(C4CC4)c2Cl)=N3)C(F)C1. The van der Waals surface area contributed by atoms with Crippen molar-refractivity contribution < 1.29 is 13.9 Å². The Hall–Kier alpha value is -2.20. The van der Waals surface area contributed by atoms with Gasteiger partial charge in [0.15, 0.2) is 5.15 Å². The third-order valence-corrected chi connectivity index (χ3v) is 8.46. The van der Waals surface area contributed by atoms with Crippen LogP contribution in [-0.2, 0) is 16.0 Å². The number of fused-ring (bicyclic) bond motifs is 1. The number of piperidine rings is 1. The number of anilines is 1. The van der Waals surface area contributed by atoms with Crippen LogP contribution < -0.4 is 5.32 Å². The van der Waals surface area contributed by atoms with Gasteiger partial charge in [0.25, 0.3) is 0 Å². The monoisotopic (exact) mass is 516 g/mol. The van der Waals surface area contributed by atoms with Crippen molar-refractivity contribution >= 4 is 28.9 Å². The van der Waals surface area contributed by atoms with Gasteiger partial charge in [0.05, 0.1) is 49.0 Å². The van der Waals surface area contributed by atoms with E-state index >= 15 is 4.39 Å². The minimum Gasteiger partial charge on any atom is -0.377 e. The molecule has 3 unspecified atom stereocenters. The maximum absolute atomic E-state index is 15.6. The zero-order valence-corrected chi connectivity index (χ0v) is 21.8. The first kappa shape index (κ1) is 24.2. The molecular formula is C26H34ClFN6O2. The Morgan fingerprint density at radius 1 is 1.22 bits per heavy atom. The second kappa shape index (κ2) is 9.59. The van der Waals surface area contributed by atoms with E-state index in [-0.39, 0.29) is 18.1 Å². The lowest BCUT2D eigenvalue weighted by Gasteiger charge is -2.40. The van der Waals surface area contributed by atoms with Crippen molar-refractivity contribution in [3.63, 3.8) is 0 Å². The number of methoxy groups -OCH3 is 1. The molecule has 1 aliphatic carbocycles. The van der Waals surface area contributed by atoms with Crippen LogP contribution in [-0.4, -0.2) is 84.3 Å². The number of nitrogens with zero attached hydrogens (tertiary/aromatic N) is 5. The van der Waals surface area contributed by atoms with Gasteiger partial charge in [-0.15, -0.1) is 0 Å². The molecule has 2 saturated heterocycles. The van der Waals surface area contributed by atoms with Crippen molar-refractivity contribution in [3.8, 4) is 0 Å². The number of likely N-dealkylation sites (tertiary alicyclic amines) is 1. The van der Waals surface area contributed by atoms with Crippen LogP contribution in [0.2, 0.25) is 5.15 Å². The first-order valence-corrected chi connectivity index (χ1v) is 13.2. The molecule has 6 rings (SSSR count). The van der Waals surface area contributed by atoms with E-state index in [9.17, 15) is 0 Å². The third kappa shape index (κ3) is 4.40. The molecule has 10 heteroatoms. The lowest BCUT2D eigenvalue weighted by atomic mass is 9.83. The van der Waals surface area contributed by atoms with Crippen molar-refractivity contribution in [2.24, 2.45) is 4.99 Å². The number of aryl methyl sites for hydroxylation is 1. The average molecular weight is 517 g/mol. The molecule has 3 aliphatic heterocycles. The van der Waals surface area contributed by atoms with E-state index in [4.69, 9.17) is 26.1 Å². The second-order valence-corrected chi connectivity index (χ2v) is 10.9. The summed E-state index contributed by atoms with van der Waals surface area (Å²) in [6, 6.07) is 4.80. The highest BCUT2D eigenvalue weighted by molar-refractivity contribution is 6.32. The molecular weight excluding hydrogens is 483 g/mol. The number of nitrogens with one attached hydrogen (secondary N) is 1. The third-order valence-electron chi connectivity index (χ3n) is 8.08. The fraction of sp³-hybridized carbons (Fsp3) is 0.615. The van der Waals surface area contributed by atoms with Gasteiger partial charge in [-0.3, -0.25) is 4.90 Å². The summed E-state index contributed by atoms with van der Waals surface area (Å²) in [6.45, 7) is 5.22. The highest BCUT2D eigenvalue weighted by atomic mass is 35.5. The van der Waals surface area contributed by atoms with Crippen LogP contribution in [0.5, 0.6) is 0 Å². The van der Waals surface area contributed by atoms with Gasteiger partial charge in [0.1, 0.15) is 6.17 Å². The van der Waals surface area contributed by atoms with Gasteiger partial charge in [-0.1, -0.05) is 17.7 Å². The number of halogens is 2. The lowest BCUT2D eigenvalue weighted by Crippen LogP contribution is -2.51. The van der Waals surface area contributed by atoms with Crippen LogP contribution in [0.1, 0.15) is 47.9 Å². The molecule has 4 atom stereocenters. The zero-order valence-electron chi connectivity index (χ0n) is 21.1. The molecule has 0 bridgehead atoms. The summed E-state index contributed by atoms with van der Waals surface area (Å²) in [5.41, 5.74) is 4.97. The molecule has 0 amide bonds. The molecule has 1 aromatic heterocycles. The second-order valence-electron chi connectivity index (χ2n) is 10.6. The number of aliphatic imine (C=N–C) groups is 1. The lowest BCUT2D eigenvalue weighted by molar-refractivity contribution is 0.0131. The Labute approximate surface area is 216 Å². The van der Waals surface area contributed by atoms with Gasteiger partial charge in [0, 0.05) is 33.2 Å². The summed E-state index contributed by atoms with van der Waals surface area (Å²) in [7, 11) is 3.71. The smallest absolute Gasteiger partial charge is 0.203 e. The zero-order chi connectivity index (χ0) is 25.0. The highest BCUT2D eigenvalue weighted by Gasteiger charge is 2.39. The van der Waals surface area contributed by atoms with E-state index in [0.717, 1.165) is 53.9 Å². The summed E-state index contributed by atoms with van der Waals surface area (Å²) < 4.78 is 28.7. The summed E-state index contributed by atoms with van der Waals surface area (Å²) in [4.78, 5) is 9.20. The van der Waals surface area contributed by atoms with Crippen molar-refractivity contribution in [2.75, 3.05) is 45.8 Å². The predicted molar refractivity (Wildman–Crippen MR) is 138 cm³/mol. The molecule has 8 nitrogen and oxygen atoms in total. The highest BCUT2D eigenvalue weighted by Crippen LogP contribution is 2.40. The average Bonchev–Trinajstić information content (AvgIpc) is 3.47. The Morgan fingerprint density at radius 3 is 2.81 bits per heavy atom. The van der Waals surface area contributed by atoms with Crippen molar-refractivity contribution in [1.29, 1.82) is 0 Å². The number of hydrogen-bond donors (Lipinski definition) is 1. The van der Waals surface area contributed by atoms with Crippen LogP contribution >= 0.6 is 11.6 Å². The molecule has 36 heavy (non-hydrogen) atoms. The van der Waals surface area contributed by atoms with Crippen molar-refractivity contribution in [2.45, 2.75) is 63.0 Å². The maximum atomic E-state index is 15.6. The first-order chi connectivity index (χ1) is 17.4. The van der Waals surface area contributed by atoms with E-state index in [1.54, 1.807) is 13.3 Å². The molecule has 2 aromatic rings. The molecule has 4 aliphatic rings. The topological polar surface area (TPSA) is 67.2 Å². The number of benzene rings is 1. The minimum absolute atomic E-state index is 0.0152. The van der Waals surface area contributed by atoms with E-state index < -0.39 is 6.17 Å². The number of alkyl halides is 1. The van der Waals surface area contributed by atoms with Crippen molar-refractivity contribution in [1.82, 2.24) is 19.6 Å². The van der Waals surface area contributed by atoms with E-state index in [0.29, 0.717) is 43.5 Å². The number of ether oxygens (including phenoxy) is 2. The quantitative estimate of drug-likeness (QED) is 0.640. The molecule has 1 saturated carbocycles. The van der Waals surface area contributed by atoms with Crippen LogP contribution in [0.25, 0.3) is 0 Å². The Morgan fingerprint density at radius 2 is 2.06 bits per heavy atom. The minimum atomic E-state index is -0.950. The number of aromatic nitrogens is 2. The Bertz CT molecular complexity index is 1170. The summed E-state index contributed by atoms with van der Waals surface area (Å²) in [5.74, 6) is 0.570. The fourth-order valence-corrected chi connectivity index (χ4v) is 6.13. The summed E-state index contributed by atoms with van der Waals surface area (Å²) in [5, 5.41) is 8.42. The van der Waals surface area contributed by atoms with Crippen LogP contribution in [0, 0.1) is 6.92 Å². The van der Waals surface area contributed by atoms with Gasteiger partial charge >= 0.3 is 0 Å². The van der Waals surface area contributed by atoms with Crippen LogP contribution in [0.4, 0.5) is 15.8 Å². The van der Waals surface area contributed by atoms with Crippen LogP contribution in [0.3, 0.4) is 0 Å². The number of rotatable bonds is 5. The van der Waals surface area contributed by atoms with E-state index in [1.165, 1.54) is 0 Å². The van der Waals surface area contributed by atoms with Gasteiger partial charge in [-0.25, -0.2) is 14.1 Å². The summed E-state index contributed by atoms with van der Waals surface area (Å²) >= 11 is 6.57. The van der Waals surface area contributed by atoms with Crippen molar-refractivity contribution in [3.05, 3.63) is 40.2 Å². The Balaban J connectivity index is 1.22. The maximum Gasteiger partial charge on any atom is 0.203 e. The van der Waals surface area contributed by atoms with E-state index in [1.807, 2.05) is 11.7 Å². The standard InChI is InChI=1S/C26H34ClFN6O2/c1-15-8-16-11-32(2)26(31-22-10-29-34(25(22)27)17-4-5-17)30-21(16)9-19(15)18-6-7-33(12-20(18)28)23-13-36-14-24(23)35-3/h8-10,17-18,20,23-24H,4-7,11-14H2,1-3H3,(H,30,31)/t18?,20?,23-,24?/m1/s1. The molecule has 0 radical (unpaired) electrons. The van der Waals surface area contributed by atoms with Gasteiger partial charge < -0.3 is 19.7 Å². The number of guanidine groups is 1. The van der Waals surface area contributed by atoms with Gasteiger partial charge in [0.2, 0.25) is 5.96 Å². The summed E-state index contributed by atoms with van der Waals surface area (Å²) in [6.07, 6.45) is 3.83.